The molecule has 1 amide bonds. The van der Waals surface area contributed by atoms with E-state index >= 15 is 0 Å². The van der Waals surface area contributed by atoms with Gasteiger partial charge in [0.15, 0.2) is 0 Å². The molecule has 1 saturated heterocycles. The molecule has 156 valence electrons. The highest BCUT2D eigenvalue weighted by molar-refractivity contribution is 7.89. The summed E-state index contributed by atoms with van der Waals surface area (Å²) >= 11 is 0. The van der Waals surface area contributed by atoms with Crippen LogP contribution in [0.4, 0.5) is 0 Å². The summed E-state index contributed by atoms with van der Waals surface area (Å²) < 4.78 is 32.8. The Morgan fingerprint density at radius 2 is 1.82 bits per heavy atom. The van der Waals surface area contributed by atoms with E-state index in [1.807, 2.05) is 0 Å². The molecule has 1 fully saturated rings. The molecular formula is C20H30N2O5S. The van der Waals surface area contributed by atoms with E-state index in [-0.39, 0.29) is 23.6 Å². The molecular weight excluding hydrogens is 380 g/mol. The third-order valence-electron chi connectivity index (χ3n) is 5.25. The van der Waals surface area contributed by atoms with Gasteiger partial charge in [-0.3, -0.25) is 9.59 Å². The SMILES string of the molecule is CCOC(=O)CN(C)C(=O)c1cc(C)c(C)c(S(=O)(=O)N2CCC(C)CC2)c1. The summed E-state index contributed by atoms with van der Waals surface area (Å²) in [4.78, 5) is 25.8. The van der Waals surface area contributed by atoms with Crippen molar-refractivity contribution >= 4 is 21.9 Å². The minimum atomic E-state index is -3.68. The second kappa shape index (κ2) is 9.05. The van der Waals surface area contributed by atoms with E-state index in [1.54, 1.807) is 26.8 Å². The topological polar surface area (TPSA) is 84.0 Å². The van der Waals surface area contributed by atoms with Crippen LogP contribution in [-0.4, -0.2) is 62.8 Å². The van der Waals surface area contributed by atoms with Gasteiger partial charge < -0.3 is 9.64 Å². The number of ether oxygens (including phenoxy) is 1. The molecule has 0 aromatic heterocycles. The summed E-state index contributed by atoms with van der Waals surface area (Å²) in [7, 11) is -2.19. The lowest BCUT2D eigenvalue weighted by atomic mass is 10.0. The average molecular weight is 411 g/mol. The Hall–Kier alpha value is -1.93. The largest absolute Gasteiger partial charge is 0.465 e. The van der Waals surface area contributed by atoms with E-state index in [2.05, 4.69) is 6.92 Å². The molecule has 0 radical (unpaired) electrons. The van der Waals surface area contributed by atoms with Crippen molar-refractivity contribution in [1.82, 2.24) is 9.21 Å². The lowest BCUT2D eigenvalue weighted by molar-refractivity contribution is -0.143. The molecule has 1 aromatic carbocycles. The molecule has 7 nitrogen and oxygen atoms in total. The van der Waals surface area contributed by atoms with Crippen LogP contribution < -0.4 is 0 Å². The molecule has 0 spiro atoms. The van der Waals surface area contributed by atoms with Gasteiger partial charge in [0.1, 0.15) is 6.54 Å². The molecule has 1 aliphatic heterocycles. The summed E-state index contributed by atoms with van der Waals surface area (Å²) in [6.45, 7) is 8.39. The molecule has 28 heavy (non-hydrogen) atoms. The number of hydrogen-bond acceptors (Lipinski definition) is 5. The zero-order valence-electron chi connectivity index (χ0n) is 17.3. The van der Waals surface area contributed by atoms with Gasteiger partial charge in [0.2, 0.25) is 10.0 Å². The maximum Gasteiger partial charge on any atom is 0.325 e. The summed E-state index contributed by atoms with van der Waals surface area (Å²) in [6, 6.07) is 3.09. The first-order chi connectivity index (χ1) is 13.1. The Bertz CT molecular complexity index is 842. The maximum atomic E-state index is 13.2. The number of piperidine rings is 1. The predicted molar refractivity (Wildman–Crippen MR) is 107 cm³/mol. The van der Waals surface area contributed by atoms with Gasteiger partial charge in [-0.15, -0.1) is 0 Å². The summed E-state index contributed by atoms with van der Waals surface area (Å²) in [5, 5.41) is 0. The van der Waals surface area contributed by atoms with Crippen LogP contribution >= 0.6 is 0 Å². The molecule has 0 N–H and O–H groups in total. The molecule has 8 heteroatoms. The number of rotatable bonds is 6. The van der Waals surface area contributed by atoms with Crippen molar-refractivity contribution in [2.75, 3.05) is 33.3 Å². The van der Waals surface area contributed by atoms with Crippen LogP contribution in [-0.2, 0) is 19.6 Å². The van der Waals surface area contributed by atoms with Crippen LogP contribution in [0.15, 0.2) is 17.0 Å². The molecule has 0 atom stereocenters. The molecule has 0 bridgehead atoms. The van der Waals surface area contributed by atoms with E-state index in [1.165, 1.54) is 22.3 Å². The van der Waals surface area contributed by atoms with Crippen molar-refractivity contribution in [2.24, 2.45) is 5.92 Å². The zero-order valence-corrected chi connectivity index (χ0v) is 18.1. The monoisotopic (exact) mass is 410 g/mol. The van der Waals surface area contributed by atoms with E-state index in [4.69, 9.17) is 4.74 Å². The highest BCUT2D eigenvalue weighted by Crippen LogP contribution is 2.28. The van der Waals surface area contributed by atoms with Crippen molar-refractivity contribution in [1.29, 1.82) is 0 Å². The zero-order chi connectivity index (χ0) is 21.1. The van der Waals surface area contributed by atoms with Crippen molar-refractivity contribution in [3.63, 3.8) is 0 Å². The first-order valence-electron chi connectivity index (χ1n) is 9.60. The summed E-state index contributed by atoms with van der Waals surface area (Å²) in [6.07, 6.45) is 1.66. The number of carbonyl (C=O) groups excluding carboxylic acids is 2. The van der Waals surface area contributed by atoms with Gasteiger partial charge in [-0.25, -0.2) is 8.42 Å². The maximum absolute atomic E-state index is 13.2. The number of benzene rings is 1. The van der Waals surface area contributed by atoms with Gasteiger partial charge in [-0.05, 0) is 62.8 Å². The van der Waals surface area contributed by atoms with Crippen molar-refractivity contribution in [2.45, 2.75) is 45.4 Å². The van der Waals surface area contributed by atoms with Crippen LogP contribution in [0.2, 0.25) is 0 Å². The summed E-state index contributed by atoms with van der Waals surface area (Å²) in [5.41, 5.74) is 1.61. The number of amides is 1. The van der Waals surface area contributed by atoms with Gasteiger partial charge in [-0.2, -0.15) is 4.31 Å². The number of hydrogen-bond donors (Lipinski definition) is 0. The van der Waals surface area contributed by atoms with Crippen LogP contribution in [0, 0.1) is 19.8 Å². The summed E-state index contributed by atoms with van der Waals surface area (Å²) in [5.74, 6) is -0.406. The van der Waals surface area contributed by atoms with Crippen LogP contribution in [0.25, 0.3) is 0 Å². The third kappa shape index (κ3) is 4.91. The fourth-order valence-corrected chi connectivity index (χ4v) is 5.07. The van der Waals surface area contributed by atoms with Gasteiger partial charge in [0.05, 0.1) is 11.5 Å². The molecule has 1 aliphatic rings. The molecule has 2 rings (SSSR count). The van der Waals surface area contributed by atoms with E-state index < -0.39 is 21.9 Å². The lowest BCUT2D eigenvalue weighted by Crippen LogP contribution is -2.38. The van der Waals surface area contributed by atoms with Crippen LogP contribution in [0.1, 0.15) is 48.2 Å². The number of nitrogens with zero attached hydrogens (tertiary/aromatic N) is 2. The second-order valence-electron chi connectivity index (χ2n) is 7.47. The molecule has 0 saturated carbocycles. The Morgan fingerprint density at radius 3 is 2.39 bits per heavy atom. The molecule has 1 heterocycles. The van der Waals surface area contributed by atoms with Crippen molar-refractivity contribution in [3.05, 3.63) is 28.8 Å². The Balaban J connectivity index is 2.33. The van der Waals surface area contributed by atoms with Gasteiger partial charge in [0, 0.05) is 25.7 Å². The number of aryl methyl sites for hydroxylation is 1. The number of carbonyl (C=O) groups is 2. The van der Waals surface area contributed by atoms with Gasteiger partial charge >= 0.3 is 5.97 Å². The normalized spacial score (nSPS) is 16.0. The standard InChI is InChI=1S/C20H30N2O5S/c1-6-27-19(23)13-21(5)20(24)17-11-15(3)16(4)18(12-17)28(25,26)22-9-7-14(2)8-10-22/h11-12,14H,6-10,13H2,1-5H3. The van der Waals surface area contributed by atoms with Crippen molar-refractivity contribution in [3.8, 4) is 0 Å². The quantitative estimate of drug-likeness (QED) is 0.672. The Kier molecular flexibility index (Phi) is 7.22. The number of esters is 1. The minimum absolute atomic E-state index is 0.162. The average Bonchev–Trinajstić information content (AvgIpc) is 2.63. The fraction of sp³-hybridized carbons (Fsp3) is 0.600. The van der Waals surface area contributed by atoms with Gasteiger partial charge in [0.25, 0.3) is 5.91 Å². The molecule has 0 aliphatic carbocycles. The van der Waals surface area contributed by atoms with E-state index in [0.717, 1.165) is 18.4 Å². The first kappa shape index (κ1) is 22.4. The fourth-order valence-electron chi connectivity index (χ4n) is 3.28. The smallest absolute Gasteiger partial charge is 0.325 e. The minimum Gasteiger partial charge on any atom is -0.465 e. The van der Waals surface area contributed by atoms with Gasteiger partial charge in [-0.1, -0.05) is 6.92 Å². The predicted octanol–water partition coefficient (Wildman–Crippen LogP) is 2.36. The number of likely N-dealkylation sites (N-methyl/N-ethyl adjacent to an activating group) is 1. The van der Waals surface area contributed by atoms with Crippen molar-refractivity contribution < 1.29 is 22.7 Å². The lowest BCUT2D eigenvalue weighted by Gasteiger charge is -2.30. The third-order valence-corrected chi connectivity index (χ3v) is 7.27. The van der Waals surface area contributed by atoms with Crippen LogP contribution in [0.5, 0.6) is 0 Å². The Labute approximate surface area is 167 Å². The first-order valence-corrected chi connectivity index (χ1v) is 11.0. The second-order valence-corrected chi connectivity index (χ2v) is 9.38. The highest BCUT2D eigenvalue weighted by atomic mass is 32.2. The molecule has 0 unspecified atom stereocenters. The van der Waals surface area contributed by atoms with E-state index in [9.17, 15) is 18.0 Å². The Morgan fingerprint density at radius 1 is 1.21 bits per heavy atom. The van der Waals surface area contributed by atoms with E-state index in [0.29, 0.717) is 24.6 Å². The highest BCUT2D eigenvalue weighted by Gasteiger charge is 2.31. The molecule has 1 aromatic rings. The van der Waals surface area contributed by atoms with Crippen LogP contribution in [0.3, 0.4) is 0 Å². The number of sulfonamides is 1.